The van der Waals surface area contributed by atoms with Crippen LogP contribution in [-0.4, -0.2) is 13.1 Å². The second-order valence-corrected chi connectivity index (χ2v) is 5.04. The van der Waals surface area contributed by atoms with Crippen molar-refractivity contribution in [3.8, 4) is 0 Å². The van der Waals surface area contributed by atoms with Gasteiger partial charge in [0.05, 0.1) is 11.7 Å². The third-order valence-electron chi connectivity index (χ3n) is 3.90. The molecule has 2 aromatic rings. The van der Waals surface area contributed by atoms with Crippen LogP contribution in [0.1, 0.15) is 31.0 Å². The van der Waals surface area contributed by atoms with E-state index in [1.807, 2.05) is 36.1 Å². The lowest BCUT2D eigenvalue weighted by molar-refractivity contribution is 0.586. The fourth-order valence-electron chi connectivity index (χ4n) is 2.85. The third kappa shape index (κ3) is 3.24. The van der Waals surface area contributed by atoms with Gasteiger partial charge < -0.3 is 10.6 Å². The van der Waals surface area contributed by atoms with Crippen LogP contribution in [0.15, 0.2) is 48.5 Å². The predicted molar refractivity (Wildman–Crippen MR) is 87.0 cm³/mol. The van der Waals surface area contributed by atoms with E-state index in [0.29, 0.717) is 18.8 Å². The van der Waals surface area contributed by atoms with Gasteiger partial charge in [0, 0.05) is 13.1 Å². The Labute approximate surface area is 126 Å². The topological polar surface area (TPSA) is 29.3 Å². The Bertz CT molecular complexity index is 583. The molecular formula is C18H23FN2. The molecule has 3 heteroatoms. The highest BCUT2D eigenvalue weighted by molar-refractivity contribution is 5.51. The molecule has 112 valence electrons. The number of hydrogen-bond acceptors (Lipinski definition) is 2. The fourth-order valence-corrected chi connectivity index (χ4v) is 2.85. The second kappa shape index (κ2) is 7.23. The van der Waals surface area contributed by atoms with Gasteiger partial charge in [0.1, 0.15) is 5.82 Å². The Hall–Kier alpha value is -1.87. The molecule has 0 fully saturated rings. The first-order chi connectivity index (χ1) is 10.2. The highest BCUT2D eigenvalue weighted by atomic mass is 19.1. The first kappa shape index (κ1) is 15.5. The molecule has 1 unspecified atom stereocenters. The molecule has 0 saturated carbocycles. The zero-order valence-corrected chi connectivity index (χ0v) is 12.7. The molecule has 2 rings (SSSR count). The molecule has 0 aliphatic carbocycles. The molecular weight excluding hydrogens is 263 g/mol. The average molecular weight is 286 g/mol. The molecule has 0 radical (unpaired) electrons. The van der Waals surface area contributed by atoms with Crippen molar-refractivity contribution in [2.45, 2.75) is 26.3 Å². The van der Waals surface area contributed by atoms with Gasteiger partial charge in [-0.3, -0.25) is 0 Å². The second-order valence-electron chi connectivity index (χ2n) is 5.04. The molecule has 0 aromatic heterocycles. The van der Waals surface area contributed by atoms with E-state index in [-0.39, 0.29) is 11.9 Å². The van der Waals surface area contributed by atoms with Crippen LogP contribution in [0, 0.1) is 5.82 Å². The van der Waals surface area contributed by atoms with Gasteiger partial charge in [-0.2, -0.15) is 0 Å². The van der Waals surface area contributed by atoms with Crippen molar-refractivity contribution in [1.82, 2.24) is 0 Å². The summed E-state index contributed by atoms with van der Waals surface area (Å²) in [6.45, 7) is 5.33. The number of aryl methyl sites for hydroxylation is 1. The van der Waals surface area contributed by atoms with Crippen molar-refractivity contribution in [3.63, 3.8) is 0 Å². The van der Waals surface area contributed by atoms with E-state index in [9.17, 15) is 4.39 Å². The monoisotopic (exact) mass is 286 g/mol. The van der Waals surface area contributed by atoms with Crippen LogP contribution >= 0.6 is 0 Å². The minimum absolute atomic E-state index is 0.0111. The lowest BCUT2D eigenvalue weighted by Gasteiger charge is -2.33. The van der Waals surface area contributed by atoms with Crippen LogP contribution in [-0.2, 0) is 6.42 Å². The normalized spacial score (nSPS) is 12.2. The van der Waals surface area contributed by atoms with Crippen LogP contribution in [0.2, 0.25) is 0 Å². The molecule has 0 saturated heterocycles. The van der Waals surface area contributed by atoms with Crippen molar-refractivity contribution < 1.29 is 4.39 Å². The van der Waals surface area contributed by atoms with Gasteiger partial charge in [-0.25, -0.2) is 4.39 Å². The Morgan fingerprint density at radius 1 is 1.05 bits per heavy atom. The lowest BCUT2D eigenvalue weighted by atomic mass is 9.97. The lowest BCUT2D eigenvalue weighted by Crippen LogP contribution is -2.34. The van der Waals surface area contributed by atoms with E-state index in [0.717, 1.165) is 6.42 Å². The van der Waals surface area contributed by atoms with Crippen LogP contribution < -0.4 is 10.6 Å². The van der Waals surface area contributed by atoms with E-state index in [2.05, 4.69) is 19.1 Å². The average Bonchev–Trinajstić information content (AvgIpc) is 2.53. The fraction of sp³-hybridized carbons (Fsp3) is 0.333. The van der Waals surface area contributed by atoms with Crippen molar-refractivity contribution in [3.05, 3.63) is 65.5 Å². The number of nitrogens with zero attached hydrogens (tertiary/aromatic N) is 1. The molecule has 21 heavy (non-hydrogen) atoms. The van der Waals surface area contributed by atoms with Crippen LogP contribution in [0.4, 0.5) is 10.1 Å². The summed E-state index contributed by atoms with van der Waals surface area (Å²) in [7, 11) is 0. The Morgan fingerprint density at radius 2 is 1.71 bits per heavy atom. The van der Waals surface area contributed by atoms with Crippen LogP contribution in [0.3, 0.4) is 0 Å². The van der Waals surface area contributed by atoms with Gasteiger partial charge in [0.2, 0.25) is 0 Å². The van der Waals surface area contributed by atoms with Gasteiger partial charge >= 0.3 is 0 Å². The summed E-state index contributed by atoms with van der Waals surface area (Å²) in [4.78, 5) is 2.05. The smallest absolute Gasteiger partial charge is 0.146 e. The number of para-hydroxylation sites is 1. The summed E-state index contributed by atoms with van der Waals surface area (Å²) in [5.41, 5.74) is 9.09. The summed E-state index contributed by atoms with van der Waals surface area (Å²) in [6.07, 6.45) is 0.946. The largest absolute Gasteiger partial charge is 0.361 e. The quantitative estimate of drug-likeness (QED) is 0.872. The van der Waals surface area contributed by atoms with Gasteiger partial charge in [0.25, 0.3) is 0 Å². The number of likely N-dealkylation sites (N-methyl/N-ethyl adjacent to an activating group) is 1. The molecule has 1 atom stereocenters. The maximum absolute atomic E-state index is 14.1. The molecule has 2 N–H and O–H groups in total. The number of benzene rings is 2. The number of rotatable bonds is 6. The standard InChI is InChI=1S/C18H23FN2/c1-3-14-9-5-6-10-15(14)18(13-20)21(4-2)17-12-8-7-11-16(17)19/h5-12,18H,3-4,13,20H2,1-2H3. The molecule has 0 spiro atoms. The van der Waals surface area contributed by atoms with E-state index in [1.54, 1.807) is 6.07 Å². The summed E-state index contributed by atoms with van der Waals surface area (Å²) < 4.78 is 14.1. The Morgan fingerprint density at radius 3 is 2.33 bits per heavy atom. The zero-order valence-electron chi connectivity index (χ0n) is 12.7. The van der Waals surface area contributed by atoms with E-state index >= 15 is 0 Å². The van der Waals surface area contributed by atoms with Crippen molar-refractivity contribution in [2.75, 3.05) is 18.0 Å². The summed E-state index contributed by atoms with van der Waals surface area (Å²) >= 11 is 0. The maximum Gasteiger partial charge on any atom is 0.146 e. The van der Waals surface area contributed by atoms with Crippen molar-refractivity contribution >= 4 is 5.69 Å². The molecule has 0 amide bonds. The zero-order chi connectivity index (χ0) is 15.2. The van der Waals surface area contributed by atoms with Crippen molar-refractivity contribution in [2.24, 2.45) is 5.73 Å². The van der Waals surface area contributed by atoms with Crippen LogP contribution in [0.25, 0.3) is 0 Å². The summed E-state index contributed by atoms with van der Waals surface area (Å²) in [5, 5.41) is 0. The number of halogens is 1. The van der Waals surface area contributed by atoms with E-state index in [4.69, 9.17) is 5.73 Å². The first-order valence-electron chi connectivity index (χ1n) is 7.51. The van der Waals surface area contributed by atoms with Gasteiger partial charge in [0.15, 0.2) is 0 Å². The maximum atomic E-state index is 14.1. The van der Waals surface area contributed by atoms with Crippen molar-refractivity contribution in [1.29, 1.82) is 0 Å². The summed E-state index contributed by atoms with van der Waals surface area (Å²) in [6, 6.07) is 15.1. The molecule has 0 aliphatic heterocycles. The molecule has 2 aromatic carbocycles. The Kier molecular flexibility index (Phi) is 5.34. The highest BCUT2D eigenvalue weighted by Crippen LogP contribution is 2.30. The first-order valence-corrected chi connectivity index (χ1v) is 7.51. The van der Waals surface area contributed by atoms with Crippen LogP contribution in [0.5, 0.6) is 0 Å². The molecule has 0 aliphatic rings. The predicted octanol–water partition coefficient (Wildman–Crippen LogP) is 3.91. The third-order valence-corrected chi connectivity index (χ3v) is 3.90. The minimum Gasteiger partial charge on any atom is -0.361 e. The van der Waals surface area contributed by atoms with Gasteiger partial charge in [-0.1, -0.05) is 43.3 Å². The Balaban J connectivity index is 2.45. The summed E-state index contributed by atoms with van der Waals surface area (Å²) in [5.74, 6) is -0.202. The molecule has 0 heterocycles. The number of hydrogen-bond donors (Lipinski definition) is 1. The molecule has 0 bridgehead atoms. The van der Waals surface area contributed by atoms with Gasteiger partial charge in [-0.15, -0.1) is 0 Å². The van der Waals surface area contributed by atoms with E-state index in [1.165, 1.54) is 17.2 Å². The minimum atomic E-state index is -0.202. The number of anilines is 1. The number of nitrogens with two attached hydrogens (primary N) is 1. The highest BCUT2D eigenvalue weighted by Gasteiger charge is 2.22. The molecule has 2 nitrogen and oxygen atoms in total. The SMILES string of the molecule is CCc1ccccc1C(CN)N(CC)c1ccccc1F. The van der Waals surface area contributed by atoms with Gasteiger partial charge in [-0.05, 0) is 36.6 Å². The van der Waals surface area contributed by atoms with E-state index < -0.39 is 0 Å².